The number of anilines is 1. The van der Waals surface area contributed by atoms with Crippen molar-refractivity contribution in [2.24, 2.45) is 0 Å². The number of hydrogen-bond donors (Lipinski definition) is 2. The number of benzene rings is 1. The fourth-order valence-corrected chi connectivity index (χ4v) is 1.66. The monoisotopic (exact) mass is 275 g/mol. The molecule has 0 bridgehead atoms. The average Bonchev–Trinajstić information content (AvgIpc) is 2.34. The van der Waals surface area contributed by atoms with E-state index in [2.05, 4.69) is 10.2 Å². The Morgan fingerprint density at radius 3 is 2.58 bits per heavy atom. The minimum absolute atomic E-state index is 0.127. The van der Waals surface area contributed by atoms with Crippen LogP contribution >= 0.6 is 0 Å². The number of likely N-dealkylation sites (N-methyl/N-ethyl adjacent to an activating group) is 1. The second-order valence-corrected chi connectivity index (χ2v) is 4.49. The van der Waals surface area contributed by atoms with Crippen LogP contribution in [0.5, 0.6) is 0 Å². The predicted molar refractivity (Wildman–Crippen MR) is 70.7 cm³/mol. The van der Waals surface area contributed by atoms with Crippen molar-refractivity contribution in [3.8, 4) is 0 Å². The van der Waals surface area contributed by atoms with E-state index in [-0.39, 0.29) is 17.8 Å². The van der Waals surface area contributed by atoms with Gasteiger partial charge in [-0.2, -0.15) is 13.2 Å². The Kier molecular flexibility index (Phi) is 5.62. The molecule has 3 N–H and O–H groups in total. The van der Waals surface area contributed by atoms with Gasteiger partial charge < -0.3 is 16.0 Å². The van der Waals surface area contributed by atoms with Crippen LogP contribution in [-0.4, -0.2) is 31.6 Å². The Balaban J connectivity index is 2.63. The van der Waals surface area contributed by atoms with Crippen LogP contribution in [0, 0.1) is 0 Å². The summed E-state index contributed by atoms with van der Waals surface area (Å²) in [6.07, 6.45) is -4.37. The number of alkyl halides is 3. The molecule has 1 rings (SSSR count). The number of hydrogen-bond acceptors (Lipinski definition) is 3. The first-order chi connectivity index (χ1) is 8.84. The van der Waals surface area contributed by atoms with Crippen LogP contribution in [0.3, 0.4) is 0 Å². The van der Waals surface area contributed by atoms with Gasteiger partial charge in [0.25, 0.3) is 0 Å². The van der Waals surface area contributed by atoms with E-state index in [1.807, 2.05) is 14.0 Å². The van der Waals surface area contributed by atoms with E-state index in [4.69, 9.17) is 5.73 Å². The molecular formula is C13H20F3N3. The lowest BCUT2D eigenvalue weighted by Gasteiger charge is -2.16. The molecule has 0 aliphatic carbocycles. The van der Waals surface area contributed by atoms with Crippen molar-refractivity contribution in [3.05, 3.63) is 29.3 Å². The molecule has 0 amide bonds. The molecule has 6 heteroatoms. The van der Waals surface area contributed by atoms with Crippen LogP contribution in [-0.2, 0) is 12.7 Å². The summed E-state index contributed by atoms with van der Waals surface area (Å²) >= 11 is 0. The topological polar surface area (TPSA) is 41.3 Å². The average molecular weight is 275 g/mol. The van der Waals surface area contributed by atoms with Gasteiger partial charge in [0, 0.05) is 25.3 Å². The largest absolute Gasteiger partial charge is 0.416 e. The van der Waals surface area contributed by atoms with E-state index in [0.717, 1.165) is 19.2 Å². The summed E-state index contributed by atoms with van der Waals surface area (Å²) in [5.74, 6) is 0. The Hall–Kier alpha value is -1.27. The highest BCUT2D eigenvalue weighted by Crippen LogP contribution is 2.33. The van der Waals surface area contributed by atoms with Crippen LogP contribution in [0.4, 0.5) is 18.9 Å². The number of rotatable bonds is 6. The van der Waals surface area contributed by atoms with Gasteiger partial charge in [0.15, 0.2) is 0 Å². The van der Waals surface area contributed by atoms with Crippen molar-refractivity contribution >= 4 is 5.69 Å². The molecule has 108 valence electrons. The zero-order valence-electron chi connectivity index (χ0n) is 11.2. The third-order valence-electron chi connectivity index (χ3n) is 2.96. The van der Waals surface area contributed by atoms with E-state index < -0.39 is 11.7 Å². The molecule has 0 unspecified atom stereocenters. The summed E-state index contributed by atoms with van der Waals surface area (Å²) in [5.41, 5.74) is 5.10. The van der Waals surface area contributed by atoms with Gasteiger partial charge in [-0.05, 0) is 31.3 Å². The number of nitrogens with zero attached hydrogens (tertiary/aromatic N) is 1. The van der Waals surface area contributed by atoms with Crippen molar-refractivity contribution < 1.29 is 13.2 Å². The minimum atomic E-state index is -4.37. The van der Waals surface area contributed by atoms with Crippen LogP contribution < -0.4 is 11.1 Å². The second-order valence-electron chi connectivity index (χ2n) is 4.49. The molecule has 0 atom stereocenters. The molecule has 0 spiro atoms. The Labute approximate surface area is 111 Å². The Morgan fingerprint density at radius 2 is 2.00 bits per heavy atom. The summed E-state index contributed by atoms with van der Waals surface area (Å²) < 4.78 is 38.5. The summed E-state index contributed by atoms with van der Waals surface area (Å²) in [5, 5.41) is 3.02. The molecule has 1 aromatic carbocycles. The Bertz CT molecular complexity index is 405. The van der Waals surface area contributed by atoms with Crippen LogP contribution in [0.15, 0.2) is 18.2 Å². The lowest BCUT2D eigenvalue weighted by Crippen LogP contribution is -2.29. The van der Waals surface area contributed by atoms with Crippen molar-refractivity contribution in [2.75, 3.05) is 32.4 Å². The fourth-order valence-electron chi connectivity index (χ4n) is 1.66. The van der Waals surface area contributed by atoms with Gasteiger partial charge in [0.05, 0.1) is 5.56 Å². The van der Waals surface area contributed by atoms with Gasteiger partial charge in [-0.3, -0.25) is 0 Å². The third-order valence-corrected chi connectivity index (χ3v) is 2.96. The molecule has 0 fully saturated rings. The number of nitrogens with one attached hydrogen (secondary N) is 1. The van der Waals surface area contributed by atoms with E-state index >= 15 is 0 Å². The standard InChI is InChI=1S/C13H20F3N3/c1-3-19(2)7-6-18-9-10-4-5-11(17)8-12(10)13(14,15)16/h4-5,8,18H,3,6-7,9,17H2,1-2H3. The quantitative estimate of drug-likeness (QED) is 0.618. The minimum Gasteiger partial charge on any atom is -0.399 e. The maximum absolute atomic E-state index is 12.8. The van der Waals surface area contributed by atoms with Gasteiger partial charge in [-0.15, -0.1) is 0 Å². The van der Waals surface area contributed by atoms with E-state index in [0.29, 0.717) is 6.54 Å². The lowest BCUT2D eigenvalue weighted by molar-refractivity contribution is -0.138. The first-order valence-electron chi connectivity index (χ1n) is 6.19. The molecular weight excluding hydrogens is 255 g/mol. The summed E-state index contributed by atoms with van der Waals surface area (Å²) in [6.45, 7) is 4.57. The molecule has 3 nitrogen and oxygen atoms in total. The normalized spacial score (nSPS) is 12.1. The summed E-state index contributed by atoms with van der Waals surface area (Å²) in [6, 6.07) is 3.90. The lowest BCUT2D eigenvalue weighted by atomic mass is 10.1. The van der Waals surface area contributed by atoms with Crippen LogP contribution in [0.2, 0.25) is 0 Å². The molecule has 0 aliphatic rings. The van der Waals surface area contributed by atoms with Crippen molar-refractivity contribution in [1.82, 2.24) is 10.2 Å². The number of halogens is 3. The second kappa shape index (κ2) is 6.77. The van der Waals surface area contributed by atoms with E-state index in [1.54, 1.807) is 0 Å². The van der Waals surface area contributed by atoms with Crippen molar-refractivity contribution in [1.29, 1.82) is 0 Å². The van der Waals surface area contributed by atoms with Crippen molar-refractivity contribution in [2.45, 2.75) is 19.6 Å². The van der Waals surface area contributed by atoms with Crippen LogP contribution in [0.25, 0.3) is 0 Å². The SMILES string of the molecule is CCN(C)CCNCc1ccc(N)cc1C(F)(F)F. The summed E-state index contributed by atoms with van der Waals surface area (Å²) in [7, 11) is 1.96. The van der Waals surface area contributed by atoms with Gasteiger partial charge in [-0.1, -0.05) is 13.0 Å². The van der Waals surface area contributed by atoms with Crippen LogP contribution in [0.1, 0.15) is 18.1 Å². The molecule has 0 aliphatic heterocycles. The van der Waals surface area contributed by atoms with Gasteiger partial charge in [0.2, 0.25) is 0 Å². The highest BCUT2D eigenvalue weighted by atomic mass is 19.4. The molecule has 1 aromatic rings. The highest BCUT2D eigenvalue weighted by molar-refractivity contribution is 5.45. The smallest absolute Gasteiger partial charge is 0.399 e. The van der Waals surface area contributed by atoms with E-state index in [1.165, 1.54) is 12.1 Å². The summed E-state index contributed by atoms with van der Waals surface area (Å²) in [4.78, 5) is 2.08. The first kappa shape index (κ1) is 15.8. The Morgan fingerprint density at radius 1 is 1.32 bits per heavy atom. The molecule has 0 heterocycles. The molecule has 0 saturated heterocycles. The highest BCUT2D eigenvalue weighted by Gasteiger charge is 2.33. The van der Waals surface area contributed by atoms with Crippen molar-refractivity contribution in [3.63, 3.8) is 0 Å². The number of nitrogens with two attached hydrogens (primary N) is 1. The maximum atomic E-state index is 12.8. The van der Waals surface area contributed by atoms with Gasteiger partial charge in [-0.25, -0.2) is 0 Å². The molecule has 0 radical (unpaired) electrons. The molecule has 19 heavy (non-hydrogen) atoms. The zero-order chi connectivity index (χ0) is 14.5. The van der Waals surface area contributed by atoms with Gasteiger partial charge >= 0.3 is 6.18 Å². The predicted octanol–water partition coefficient (Wildman–Crippen LogP) is 2.33. The molecule has 0 saturated carbocycles. The molecule has 0 aromatic heterocycles. The zero-order valence-corrected chi connectivity index (χ0v) is 11.2. The maximum Gasteiger partial charge on any atom is 0.416 e. The third kappa shape index (κ3) is 5.08. The van der Waals surface area contributed by atoms with Gasteiger partial charge in [0.1, 0.15) is 0 Å². The van der Waals surface area contributed by atoms with E-state index in [9.17, 15) is 13.2 Å². The fraction of sp³-hybridized carbons (Fsp3) is 0.538. The first-order valence-corrected chi connectivity index (χ1v) is 6.19. The number of nitrogen functional groups attached to an aromatic ring is 1.